The number of aryl methyl sites for hydroxylation is 1. The first-order chi connectivity index (χ1) is 25.1. The number of nitrogens with zero attached hydrogens (tertiary/aromatic N) is 3. The number of aromatic nitrogens is 1. The minimum Gasteiger partial charge on any atom is -0.490 e. The Morgan fingerprint density at radius 2 is 2.06 bits per heavy atom. The van der Waals surface area contributed by atoms with Crippen LogP contribution in [0.15, 0.2) is 77.4 Å². The maximum absolute atomic E-state index is 14.6. The molecule has 2 bridgehead atoms. The van der Waals surface area contributed by atoms with Crippen molar-refractivity contribution in [2.45, 2.75) is 69.3 Å². The first-order valence-corrected chi connectivity index (χ1v) is 20.7. The van der Waals surface area contributed by atoms with Gasteiger partial charge in [-0.05, 0) is 122 Å². The zero-order chi connectivity index (χ0) is 36.0. The van der Waals surface area contributed by atoms with Gasteiger partial charge >= 0.3 is 0 Å². The molecule has 11 heteroatoms. The molecule has 9 nitrogen and oxygen atoms in total. The van der Waals surface area contributed by atoms with Crippen LogP contribution in [-0.4, -0.2) is 59.7 Å². The molecule has 0 unspecified atom stereocenters. The number of anilines is 1. The van der Waals surface area contributed by atoms with E-state index in [2.05, 4.69) is 43.3 Å². The van der Waals surface area contributed by atoms with E-state index < -0.39 is 15.8 Å². The van der Waals surface area contributed by atoms with E-state index >= 15 is 0 Å². The molecule has 1 spiro atoms. The zero-order valence-electron chi connectivity index (χ0n) is 29.8. The van der Waals surface area contributed by atoms with Crippen LogP contribution in [0.1, 0.15) is 78.4 Å². The average molecular weight is 743 g/mol. The van der Waals surface area contributed by atoms with Crippen molar-refractivity contribution < 1.29 is 23.3 Å². The number of carbonyl (C=O) groups excluding carboxylic acids is 2. The summed E-state index contributed by atoms with van der Waals surface area (Å²) in [5.74, 6) is 0.107. The van der Waals surface area contributed by atoms with Crippen LogP contribution in [0.2, 0.25) is 5.02 Å². The van der Waals surface area contributed by atoms with E-state index in [1.165, 1.54) is 11.1 Å². The molecule has 5 aliphatic rings. The Morgan fingerprint density at radius 1 is 1.17 bits per heavy atom. The lowest BCUT2D eigenvalue weighted by molar-refractivity contribution is -0.120. The molecule has 3 aliphatic carbocycles. The maximum Gasteiger partial charge on any atom is 0.286 e. The van der Waals surface area contributed by atoms with E-state index in [0.717, 1.165) is 61.5 Å². The monoisotopic (exact) mass is 742 g/mol. The lowest BCUT2D eigenvalue weighted by Crippen LogP contribution is -2.49. The number of hydrogen-bond donors (Lipinski definition) is 1. The highest BCUT2D eigenvalue weighted by atomic mass is 35.5. The summed E-state index contributed by atoms with van der Waals surface area (Å²) in [7, 11) is -1.69. The third-order valence-electron chi connectivity index (χ3n) is 12.0. The van der Waals surface area contributed by atoms with E-state index in [1.807, 2.05) is 37.3 Å². The molecule has 1 aromatic heterocycles. The van der Waals surface area contributed by atoms with Crippen molar-refractivity contribution in [1.29, 1.82) is 0 Å². The quantitative estimate of drug-likeness (QED) is 0.280. The first kappa shape index (κ1) is 35.3. The molecular formula is C41H47ClN4O5S. The van der Waals surface area contributed by atoms with Gasteiger partial charge in [-0.3, -0.25) is 19.3 Å². The van der Waals surface area contributed by atoms with Crippen LogP contribution in [0.3, 0.4) is 0 Å². The van der Waals surface area contributed by atoms with Crippen molar-refractivity contribution in [3.8, 4) is 5.75 Å². The summed E-state index contributed by atoms with van der Waals surface area (Å²) in [4.78, 5) is 34.2. The Hall–Kier alpha value is -3.73. The predicted octanol–water partition coefficient (Wildman–Crippen LogP) is 7.29. The molecule has 8 atom stereocenters. The minimum absolute atomic E-state index is 0.00670. The number of allylic oxidation sites excluding steroid dienone is 1. The van der Waals surface area contributed by atoms with E-state index in [0.29, 0.717) is 42.6 Å². The number of nitrogens with one attached hydrogen (secondary N) is 1. The number of benzene rings is 2. The van der Waals surface area contributed by atoms with Crippen LogP contribution in [0, 0.1) is 23.7 Å². The number of pyridine rings is 1. The van der Waals surface area contributed by atoms with Crippen LogP contribution >= 0.6 is 11.6 Å². The third kappa shape index (κ3) is 7.01. The average Bonchev–Trinajstić information content (AvgIpc) is 3.94. The van der Waals surface area contributed by atoms with Crippen LogP contribution in [0.25, 0.3) is 0 Å². The third-order valence-corrected chi connectivity index (χ3v) is 14.3. The second-order valence-electron chi connectivity index (χ2n) is 15.7. The summed E-state index contributed by atoms with van der Waals surface area (Å²) < 4.78 is 34.5. The fourth-order valence-electron chi connectivity index (χ4n) is 9.05. The summed E-state index contributed by atoms with van der Waals surface area (Å²) in [5, 5.41) is 0.745. The Bertz CT molecular complexity index is 2010. The fraction of sp³-hybridized carbons (Fsp3) is 0.488. The standard InChI is InChI=1S/C41H47ClN4O5S/c1-26-6-3-9-37(50-2)32-13-10-30(32)22-46-24-41(16-4-7-27-18-31(42)12-14-35(27)41)25-51-38-15-11-28(19-36(38)46)39(47)44-52(49,23-26)45-40(48)34-20-33(34)29-8-5-17-43-21-29/h3,5,8-9,11-12,14-15,17-19,21,26,30,32-34,37H,4,6-7,10,13,16,20,22-25H2,1-2H3,(H,44,45,47,48,49)/b9-3+/t26-,30-,32+,33+,34-,37-,41-,52-/m0/s1. The van der Waals surface area contributed by atoms with Crippen LogP contribution < -0.4 is 14.4 Å². The van der Waals surface area contributed by atoms with Crippen molar-refractivity contribution in [2.75, 3.05) is 37.5 Å². The van der Waals surface area contributed by atoms with Gasteiger partial charge in [-0.25, -0.2) is 4.21 Å². The molecule has 2 aliphatic heterocycles. The summed E-state index contributed by atoms with van der Waals surface area (Å²) in [6.45, 7) is 4.01. The van der Waals surface area contributed by atoms with Gasteiger partial charge in [-0.1, -0.05) is 42.8 Å². The Balaban J connectivity index is 1.16. The summed E-state index contributed by atoms with van der Waals surface area (Å²) >= 11 is 6.47. The van der Waals surface area contributed by atoms with Gasteiger partial charge in [0.2, 0.25) is 5.91 Å². The summed E-state index contributed by atoms with van der Waals surface area (Å²) in [6.07, 6.45) is 14.1. The highest BCUT2D eigenvalue weighted by molar-refractivity contribution is 7.92. The molecule has 2 amide bonds. The molecule has 3 heterocycles. The number of amides is 2. The van der Waals surface area contributed by atoms with Gasteiger partial charge in [0.15, 0.2) is 0 Å². The van der Waals surface area contributed by atoms with E-state index in [9.17, 15) is 13.8 Å². The molecule has 0 saturated heterocycles. The second-order valence-corrected chi connectivity index (χ2v) is 18.1. The van der Waals surface area contributed by atoms with Crippen LogP contribution in [-0.2, 0) is 31.3 Å². The SMILES string of the molecule is CO[C@H]1/C=C/C[C@H](C)C[S@@](=O)(NC(=O)[C@H]2C[C@@H]2c2cccnc2)=NC(=O)c2ccc3c(c2)N(C[C@@H]2CC[C@H]21)C[C@@]1(CCCc2cc(Cl)ccc21)CO3. The topological polar surface area (TPSA) is 110 Å². The highest BCUT2D eigenvalue weighted by Gasteiger charge is 2.46. The highest BCUT2D eigenvalue weighted by Crippen LogP contribution is 2.48. The van der Waals surface area contributed by atoms with Gasteiger partial charge < -0.3 is 14.4 Å². The number of carbonyl (C=O) groups is 2. The van der Waals surface area contributed by atoms with Crippen molar-refractivity contribution in [2.24, 2.45) is 28.0 Å². The van der Waals surface area contributed by atoms with Crippen molar-refractivity contribution in [3.63, 3.8) is 0 Å². The van der Waals surface area contributed by atoms with Crippen molar-refractivity contribution in [1.82, 2.24) is 9.71 Å². The molecule has 2 fully saturated rings. The molecule has 2 aromatic carbocycles. The number of rotatable bonds is 4. The normalized spacial score (nSPS) is 33.3. The number of fused-ring (bicyclic) bond motifs is 4. The van der Waals surface area contributed by atoms with Crippen LogP contribution in [0.4, 0.5) is 5.69 Å². The molecule has 3 aromatic rings. The lowest BCUT2D eigenvalue weighted by Gasteiger charge is -2.46. The molecule has 2 saturated carbocycles. The maximum atomic E-state index is 14.6. The number of hydrogen-bond acceptors (Lipinski definition) is 7. The van der Waals surface area contributed by atoms with E-state index in [4.69, 9.17) is 21.1 Å². The first-order valence-electron chi connectivity index (χ1n) is 18.6. The van der Waals surface area contributed by atoms with Gasteiger partial charge in [0, 0.05) is 54.5 Å². The molecule has 52 heavy (non-hydrogen) atoms. The lowest BCUT2D eigenvalue weighted by atomic mass is 9.68. The van der Waals surface area contributed by atoms with Gasteiger partial charge in [0.05, 0.1) is 24.2 Å². The number of ether oxygens (including phenoxy) is 2. The smallest absolute Gasteiger partial charge is 0.286 e. The Morgan fingerprint density at radius 3 is 2.85 bits per heavy atom. The molecular weight excluding hydrogens is 696 g/mol. The number of halogens is 1. The molecule has 274 valence electrons. The fourth-order valence-corrected chi connectivity index (χ4v) is 11.2. The van der Waals surface area contributed by atoms with Crippen molar-refractivity contribution in [3.05, 3.63) is 100 Å². The van der Waals surface area contributed by atoms with Crippen LogP contribution in [0.5, 0.6) is 5.75 Å². The van der Waals surface area contributed by atoms with Gasteiger partial charge in [0.1, 0.15) is 15.7 Å². The Kier molecular flexibility index (Phi) is 9.68. The largest absolute Gasteiger partial charge is 0.490 e. The van der Waals surface area contributed by atoms with E-state index in [-0.39, 0.29) is 40.9 Å². The summed E-state index contributed by atoms with van der Waals surface area (Å²) in [6, 6.07) is 15.5. The summed E-state index contributed by atoms with van der Waals surface area (Å²) in [5.41, 5.74) is 4.43. The minimum atomic E-state index is -3.46. The number of methoxy groups -OCH3 is 1. The van der Waals surface area contributed by atoms with Gasteiger partial charge in [-0.2, -0.15) is 0 Å². The Labute approximate surface area is 311 Å². The van der Waals surface area contributed by atoms with Gasteiger partial charge in [0.25, 0.3) is 5.91 Å². The molecule has 0 radical (unpaired) electrons. The van der Waals surface area contributed by atoms with Gasteiger partial charge in [-0.15, -0.1) is 4.36 Å². The second kappa shape index (κ2) is 14.3. The van der Waals surface area contributed by atoms with E-state index in [1.54, 1.807) is 25.6 Å². The van der Waals surface area contributed by atoms with Crippen molar-refractivity contribution >= 4 is 39.0 Å². The molecule has 1 N–H and O–H groups in total. The molecule has 8 rings (SSSR count). The zero-order valence-corrected chi connectivity index (χ0v) is 31.4. The predicted molar refractivity (Wildman–Crippen MR) is 203 cm³/mol.